The van der Waals surface area contributed by atoms with Crippen LogP contribution >= 0.6 is 34.7 Å². The van der Waals surface area contributed by atoms with E-state index in [-0.39, 0.29) is 11.7 Å². The molecule has 0 saturated heterocycles. The number of carbonyl (C=O) groups excluding carboxylic acids is 1. The summed E-state index contributed by atoms with van der Waals surface area (Å²) in [5.74, 6) is 1.20. The molecule has 0 fully saturated rings. The van der Waals surface area contributed by atoms with Crippen molar-refractivity contribution in [3.63, 3.8) is 0 Å². The molecule has 0 radical (unpaired) electrons. The number of rotatable bonds is 8. The molecule has 0 aliphatic rings. The summed E-state index contributed by atoms with van der Waals surface area (Å²) in [7, 11) is 1.61. The third-order valence-electron chi connectivity index (χ3n) is 4.38. The molecule has 31 heavy (non-hydrogen) atoms. The number of hydrogen-bond donors (Lipinski definition) is 0. The summed E-state index contributed by atoms with van der Waals surface area (Å²) in [6.07, 6.45) is 0. The van der Waals surface area contributed by atoms with Crippen LogP contribution in [0.1, 0.15) is 4.88 Å². The maximum Gasteiger partial charge on any atom is 0.277 e. The first kappa shape index (κ1) is 21.4. The quantitative estimate of drug-likeness (QED) is 0.303. The van der Waals surface area contributed by atoms with Crippen molar-refractivity contribution in [3.05, 3.63) is 75.9 Å². The molecule has 0 saturated carbocycles. The largest absolute Gasteiger partial charge is 0.497 e. The topological polar surface area (TPSA) is 68.5 Å². The fourth-order valence-corrected chi connectivity index (χ4v) is 4.37. The zero-order chi connectivity index (χ0) is 21.6. The molecule has 0 spiro atoms. The van der Waals surface area contributed by atoms with Crippen LogP contribution in [0.4, 0.5) is 5.69 Å². The lowest BCUT2D eigenvalue weighted by Crippen LogP contribution is -2.31. The van der Waals surface area contributed by atoms with E-state index in [0.717, 1.165) is 21.9 Å². The summed E-state index contributed by atoms with van der Waals surface area (Å²) in [6.45, 7) is 0.487. The summed E-state index contributed by atoms with van der Waals surface area (Å²) in [6, 6.07) is 18.6. The summed E-state index contributed by atoms with van der Waals surface area (Å²) in [5.41, 5.74) is 1.53. The number of benzene rings is 2. The number of amides is 1. The number of ether oxygens (including phenoxy) is 1. The highest BCUT2D eigenvalue weighted by Crippen LogP contribution is 2.27. The molecule has 2 aromatic heterocycles. The number of anilines is 1. The van der Waals surface area contributed by atoms with Gasteiger partial charge in [0.05, 0.1) is 19.4 Å². The smallest absolute Gasteiger partial charge is 0.277 e. The molecule has 0 bridgehead atoms. The molecule has 0 N–H and O–H groups in total. The van der Waals surface area contributed by atoms with Crippen molar-refractivity contribution < 1.29 is 13.9 Å². The fraction of sp³-hybridized carbons (Fsp3) is 0.136. The molecule has 0 aliphatic heterocycles. The van der Waals surface area contributed by atoms with E-state index in [1.807, 2.05) is 53.9 Å². The minimum atomic E-state index is -0.0638. The van der Waals surface area contributed by atoms with Crippen molar-refractivity contribution in [2.24, 2.45) is 0 Å². The molecule has 158 valence electrons. The standard InChI is InChI=1S/C22H18ClN3O3S2/c1-28-18-9-7-17(8-10-18)26(13-19-6-3-11-30-19)20(27)14-31-22-25-24-21(29-22)15-4-2-5-16(23)12-15/h2-12H,13-14H2,1H3. The Balaban J connectivity index is 1.47. The number of methoxy groups -OCH3 is 1. The van der Waals surface area contributed by atoms with E-state index in [9.17, 15) is 4.79 Å². The van der Waals surface area contributed by atoms with Gasteiger partial charge in [-0.2, -0.15) is 0 Å². The first-order chi connectivity index (χ1) is 15.1. The number of thiophene rings is 1. The molecule has 6 nitrogen and oxygen atoms in total. The Morgan fingerprint density at radius 3 is 2.71 bits per heavy atom. The van der Waals surface area contributed by atoms with Crippen molar-refractivity contribution >= 4 is 46.3 Å². The molecule has 0 atom stereocenters. The molecular weight excluding hydrogens is 454 g/mol. The van der Waals surface area contributed by atoms with Crippen LogP contribution in [0.5, 0.6) is 5.75 Å². The van der Waals surface area contributed by atoms with E-state index in [2.05, 4.69) is 10.2 Å². The molecule has 9 heteroatoms. The monoisotopic (exact) mass is 471 g/mol. The molecule has 2 aromatic carbocycles. The Labute approximate surface area is 192 Å². The van der Waals surface area contributed by atoms with Gasteiger partial charge in [0.1, 0.15) is 5.75 Å². The van der Waals surface area contributed by atoms with Gasteiger partial charge in [-0.25, -0.2) is 0 Å². The molecule has 4 rings (SSSR count). The number of hydrogen-bond acceptors (Lipinski definition) is 7. The maximum absolute atomic E-state index is 13.1. The fourth-order valence-electron chi connectivity index (χ4n) is 2.85. The lowest BCUT2D eigenvalue weighted by atomic mass is 10.2. The zero-order valence-electron chi connectivity index (χ0n) is 16.5. The normalized spacial score (nSPS) is 10.8. The van der Waals surface area contributed by atoms with Crippen molar-refractivity contribution in [2.75, 3.05) is 17.8 Å². The Morgan fingerprint density at radius 2 is 2.00 bits per heavy atom. The first-order valence-electron chi connectivity index (χ1n) is 9.31. The Kier molecular flexibility index (Phi) is 6.91. The van der Waals surface area contributed by atoms with Crippen LogP contribution in [0.15, 0.2) is 75.7 Å². The second kappa shape index (κ2) is 10.00. The van der Waals surface area contributed by atoms with Crippen molar-refractivity contribution in [1.29, 1.82) is 0 Å². The molecular formula is C22H18ClN3O3S2. The van der Waals surface area contributed by atoms with E-state index in [1.54, 1.807) is 35.5 Å². The van der Waals surface area contributed by atoms with E-state index in [0.29, 0.717) is 22.7 Å². The van der Waals surface area contributed by atoms with E-state index >= 15 is 0 Å². The van der Waals surface area contributed by atoms with E-state index in [1.165, 1.54) is 11.8 Å². The van der Waals surface area contributed by atoms with Gasteiger partial charge >= 0.3 is 0 Å². The van der Waals surface area contributed by atoms with Gasteiger partial charge in [-0.05, 0) is 53.9 Å². The minimum absolute atomic E-state index is 0.0638. The van der Waals surface area contributed by atoms with Crippen LogP contribution in [0.25, 0.3) is 11.5 Å². The van der Waals surface area contributed by atoms with Crippen LogP contribution in [-0.2, 0) is 11.3 Å². The zero-order valence-corrected chi connectivity index (χ0v) is 18.9. The van der Waals surface area contributed by atoms with Crippen molar-refractivity contribution in [3.8, 4) is 17.2 Å². The average Bonchev–Trinajstić information content (AvgIpc) is 3.48. The second-order valence-electron chi connectivity index (χ2n) is 6.43. The predicted molar refractivity (Wildman–Crippen MR) is 124 cm³/mol. The van der Waals surface area contributed by atoms with Crippen molar-refractivity contribution in [2.45, 2.75) is 11.8 Å². The summed E-state index contributed by atoms with van der Waals surface area (Å²) >= 11 is 8.84. The summed E-state index contributed by atoms with van der Waals surface area (Å²) in [4.78, 5) is 15.9. The first-order valence-corrected chi connectivity index (χ1v) is 11.6. The average molecular weight is 472 g/mol. The third kappa shape index (κ3) is 5.46. The van der Waals surface area contributed by atoms with Gasteiger partial charge in [0.15, 0.2) is 0 Å². The molecule has 2 heterocycles. The van der Waals surface area contributed by atoms with Crippen LogP contribution in [0, 0.1) is 0 Å². The lowest BCUT2D eigenvalue weighted by molar-refractivity contribution is -0.116. The van der Waals surface area contributed by atoms with Gasteiger partial charge in [0.25, 0.3) is 5.22 Å². The Bertz CT molecular complexity index is 1150. The van der Waals surface area contributed by atoms with Gasteiger partial charge < -0.3 is 14.1 Å². The third-order valence-corrected chi connectivity index (χ3v) is 6.28. The van der Waals surface area contributed by atoms with Gasteiger partial charge in [-0.1, -0.05) is 35.5 Å². The summed E-state index contributed by atoms with van der Waals surface area (Å²) < 4.78 is 10.9. The number of aromatic nitrogens is 2. The lowest BCUT2D eigenvalue weighted by Gasteiger charge is -2.22. The number of thioether (sulfide) groups is 1. The number of halogens is 1. The van der Waals surface area contributed by atoms with Gasteiger partial charge in [0.2, 0.25) is 11.8 Å². The van der Waals surface area contributed by atoms with Gasteiger partial charge in [-0.15, -0.1) is 21.5 Å². The SMILES string of the molecule is COc1ccc(N(Cc2cccs2)C(=O)CSc2nnc(-c3cccc(Cl)c3)o2)cc1. The highest BCUT2D eigenvalue weighted by atomic mass is 35.5. The van der Waals surface area contributed by atoms with Crippen LogP contribution < -0.4 is 9.64 Å². The van der Waals surface area contributed by atoms with E-state index < -0.39 is 0 Å². The molecule has 1 amide bonds. The minimum Gasteiger partial charge on any atom is -0.497 e. The van der Waals surface area contributed by atoms with E-state index in [4.69, 9.17) is 20.8 Å². The molecule has 0 unspecified atom stereocenters. The van der Waals surface area contributed by atoms with Crippen LogP contribution in [-0.4, -0.2) is 29.0 Å². The Hall–Kier alpha value is -2.81. The van der Waals surface area contributed by atoms with Gasteiger partial charge in [0, 0.05) is 21.2 Å². The summed E-state index contributed by atoms with van der Waals surface area (Å²) in [5, 5.41) is 11.0. The highest BCUT2D eigenvalue weighted by Gasteiger charge is 2.19. The number of carbonyl (C=O) groups is 1. The number of nitrogens with zero attached hydrogens (tertiary/aromatic N) is 3. The maximum atomic E-state index is 13.1. The van der Waals surface area contributed by atoms with Crippen molar-refractivity contribution in [1.82, 2.24) is 10.2 Å². The van der Waals surface area contributed by atoms with Crippen LogP contribution in [0.3, 0.4) is 0 Å². The van der Waals surface area contributed by atoms with Gasteiger partial charge in [-0.3, -0.25) is 4.79 Å². The second-order valence-corrected chi connectivity index (χ2v) is 8.82. The highest BCUT2D eigenvalue weighted by molar-refractivity contribution is 7.99. The molecule has 0 aliphatic carbocycles. The molecule has 4 aromatic rings. The predicted octanol–water partition coefficient (Wildman–Crippen LogP) is 5.79. The van der Waals surface area contributed by atoms with Crippen LogP contribution in [0.2, 0.25) is 5.02 Å². The Morgan fingerprint density at radius 1 is 1.16 bits per heavy atom.